The van der Waals surface area contributed by atoms with Gasteiger partial charge in [0.1, 0.15) is 11.2 Å². The van der Waals surface area contributed by atoms with E-state index in [1.165, 1.54) is 60.1 Å². The van der Waals surface area contributed by atoms with Crippen LogP contribution in [-0.4, -0.2) is 4.57 Å². The number of benzene rings is 9. The van der Waals surface area contributed by atoms with Crippen molar-refractivity contribution in [3.8, 4) is 27.9 Å². The number of hydrogen-bond donors (Lipinski definition) is 0. The summed E-state index contributed by atoms with van der Waals surface area (Å²) in [5.74, 6) is 0. The van der Waals surface area contributed by atoms with Crippen LogP contribution in [0.25, 0.3) is 83.3 Å². The van der Waals surface area contributed by atoms with E-state index >= 15 is 0 Å². The van der Waals surface area contributed by atoms with E-state index in [2.05, 4.69) is 222 Å². The maximum atomic E-state index is 6.41. The number of furan rings is 1. The van der Waals surface area contributed by atoms with Crippen LogP contribution >= 0.6 is 0 Å². The van der Waals surface area contributed by atoms with Gasteiger partial charge in [0.05, 0.1) is 22.4 Å². The first-order valence-electron chi connectivity index (χ1n) is 21.2. The zero-order valence-corrected chi connectivity index (χ0v) is 33.5. The lowest BCUT2D eigenvalue weighted by molar-refractivity contribution is 0.669. The van der Waals surface area contributed by atoms with E-state index in [9.17, 15) is 0 Å². The number of hydrogen-bond acceptors (Lipinski definition) is 2. The molecule has 0 unspecified atom stereocenters. The van der Waals surface area contributed by atoms with Crippen molar-refractivity contribution >= 4 is 72.5 Å². The third-order valence-corrected chi connectivity index (χ3v) is 12.5. The summed E-state index contributed by atoms with van der Waals surface area (Å²) in [5, 5.41) is 7.26. The molecule has 3 nitrogen and oxygen atoms in total. The van der Waals surface area contributed by atoms with E-state index in [0.29, 0.717) is 0 Å². The second kappa shape index (κ2) is 14.4. The minimum atomic E-state index is 0.877. The zero-order valence-electron chi connectivity index (χ0n) is 33.5. The number of para-hydroxylation sites is 6. The molecule has 3 heteroatoms. The summed E-state index contributed by atoms with van der Waals surface area (Å²) in [5.41, 5.74) is 16.0. The number of fused-ring (bicyclic) bond motifs is 7. The first-order chi connectivity index (χ1) is 30.3. The number of aromatic nitrogens is 1. The first-order valence-corrected chi connectivity index (χ1v) is 21.2. The Kier molecular flexibility index (Phi) is 8.31. The molecule has 2 aromatic heterocycles. The summed E-state index contributed by atoms with van der Waals surface area (Å²) in [6.07, 6.45) is 4.32. The SMILES string of the molecule is C1=c2cccc(-c3ccccc3)c2=C(c2ccccc2N(c2ccc3oc4ccccc4c3c2)c2ccccc2-c2cccc3c4ccccc4n(-c4ccccc4)c23)CC1. The highest BCUT2D eigenvalue weighted by atomic mass is 16.3. The summed E-state index contributed by atoms with van der Waals surface area (Å²) in [6.45, 7) is 0. The maximum absolute atomic E-state index is 6.41. The molecular weight excluding hydrogens is 741 g/mol. The van der Waals surface area contributed by atoms with Crippen LogP contribution in [0, 0.1) is 0 Å². The van der Waals surface area contributed by atoms with Crippen molar-refractivity contribution in [1.29, 1.82) is 0 Å². The Morgan fingerprint density at radius 1 is 0.443 bits per heavy atom. The molecule has 1 aliphatic carbocycles. The molecule has 0 bridgehead atoms. The molecule has 0 saturated carbocycles. The van der Waals surface area contributed by atoms with Crippen LogP contribution in [0.4, 0.5) is 17.1 Å². The van der Waals surface area contributed by atoms with Crippen LogP contribution in [0.5, 0.6) is 0 Å². The molecule has 12 rings (SSSR count). The molecule has 288 valence electrons. The van der Waals surface area contributed by atoms with Gasteiger partial charge in [-0.05, 0) is 94.6 Å². The molecule has 0 saturated heterocycles. The average Bonchev–Trinajstić information content (AvgIpc) is 3.88. The van der Waals surface area contributed by atoms with E-state index in [-0.39, 0.29) is 0 Å². The average molecular weight is 781 g/mol. The fourth-order valence-electron chi connectivity index (χ4n) is 9.86. The Morgan fingerprint density at radius 3 is 1.92 bits per heavy atom. The number of anilines is 3. The molecular formula is C58H40N2O. The van der Waals surface area contributed by atoms with Gasteiger partial charge < -0.3 is 13.9 Å². The van der Waals surface area contributed by atoms with Gasteiger partial charge in [0.2, 0.25) is 0 Å². The van der Waals surface area contributed by atoms with Crippen molar-refractivity contribution < 1.29 is 4.42 Å². The predicted molar refractivity (Wildman–Crippen MR) is 256 cm³/mol. The molecule has 1 aliphatic rings. The summed E-state index contributed by atoms with van der Waals surface area (Å²) < 4.78 is 8.85. The highest BCUT2D eigenvalue weighted by molar-refractivity contribution is 6.15. The third kappa shape index (κ3) is 5.73. The quantitative estimate of drug-likeness (QED) is 0.161. The Labute approximate surface area is 354 Å². The third-order valence-electron chi connectivity index (χ3n) is 12.5. The molecule has 11 aromatic rings. The van der Waals surface area contributed by atoms with E-state index in [4.69, 9.17) is 4.42 Å². The minimum Gasteiger partial charge on any atom is -0.456 e. The Morgan fingerprint density at radius 2 is 1.07 bits per heavy atom. The smallest absolute Gasteiger partial charge is 0.135 e. The van der Waals surface area contributed by atoms with Crippen LogP contribution in [0.1, 0.15) is 18.4 Å². The van der Waals surface area contributed by atoms with Crippen LogP contribution in [0.2, 0.25) is 0 Å². The Bertz CT molecular complexity index is 3600. The van der Waals surface area contributed by atoms with E-state index < -0.39 is 0 Å². The summed E-state index contributed by atoms with van der Waals surface area (Å²) in [7, 11) is 0. The minimum absolute atomic E-state index is 0.877. The first kappa shape index (κ1) is 35.1. The van der Waals surface area contributed by atoms with Crippen LogP contribution < -0.4 is 15.3 Å². The van der Waals surface area contributed by atoms with Crippen molar-refractivity contribution in [2.24, 2.45) is 0 Å². The summed E-state index contributed by atoms with van der Waals surface area (Å²) >= 11 is 0. The van der Waals surface area contributed by atoms with Gasteiger partial charge in [-0.1, -0.05) is 164 Å². The Hall–Kier alpha value is -7.88. The second-order valence-corrected chi connectivity index (χ2v) is 15.9. The predicted octanol–water partition coefficient (Wildman–Crippen LogP) is 14.3. The largest absolute Gasteiger partial charge is 0.456 e. The van der Waals surface area contributed by atoms with E-state index in [0.717, 1.165) is 63.1 Å². The second-order valence-electron chi connectivity index (χ2n) is 15.9. The van der Waals surface area contributed by atoms with Crippen molar-refractivity contribution in [2.45, 2.75) is 12.8 Å². The molecule has 0 aliphatic heterocycles. The van der Waals surface area contributed by atoms with Gasteiger partial charge in [-0.3, -0.25) is 0 Å². The fourth-order valence-corrected chi connectivity index (χ4v) is 9.86. The topological polar surface area (TPSA) is 21.3 Å². The lowest BCUT2D eigenvalue weighted by Crippen LogP contribution is -2.32. The van der Waals surface area contributed by atoms with Crippen molar-refractivity contribution in [1.82, 2.24) is 4.57 Å². The molecule has 2 heterocycles. The molecule has 0 fully saturated rings. The van der Waals surface area contributed by atoms with Crippen LogP contribution in [0.3, 0.4) is 0 Å². The molecule has 0 atom stereocenters. The molecule has 0 spiro atoms. The lowest BCUT2D eigenvalue weighted by atomic mass is 9.88. The van der Waals surface area contributed by atoms with Gasteiger partial charge in [0.15, 0.2) is 0 Å². The number of nitrogens with zero attached hydrogens (tertiary/aromatic N) is 2. The summed E-state index contributed by atoms with van der Waals surface area (Å²) in [4.78, 5) is 2.50. The normalized spacial score (nSPS) is 12.6. The summed E-state index contributed by atoms with van der Waals surface area (Å²) in [6, 6.07) is 77.0. The van der Waals surface area contributed by atoms with Crippen molar-refractivity contribution in [2.75, 3.05) is 4.90 Å². The molecule has 61 heavy (non-hydrogen) atoms. The molecule has 9 aromatic carbocycles. The van der Waals surface area contributed by atoms with Crippen molar-refractivity contribution in [3.63, 3.8) is 0 Å². The van der Waals surface area contributed by atoms with E-state index in [1.54, 1.807) is 0 Å². The van der Waals surface area contributed by atoms with Crippen LogP contribution in [0.15, 0.2) is 217 Å². The monoisotopic (exact) mass is 780 g/mol. The van der Waals surface area contributed by atoms with Gasteiger partial charge >= 0.3 is 0 Å². The zero-order chi connectivity index (χ0) is 40.3. The Balaban J connectivity index is 1.17. The van der Waals surface area contributed by atoms with Gasteiger partial charge in [-0.2, -0.15) is 0 Å². The molecule has 0 N–H and O–H groups in total. The molecule has 0 radical (unpaired) electrons. The standard InChI is InChI=1S/C58H40N2O/c1-3-18-39(19-4-1)43-28-15-20-40-21-16-29-48(57(40)43)44-24-7-11-32-52(44)59(42-36-37-56-51(38-42)47-27-10-14-35-55(47)61-56)53-33-12-8-25-45(53)49-30-17-31-50-46-26-9-13-34-54(46)60(58(49)50)41-22-5-2-6-23-41/h1-15,17-28,30-38H,16,29H2. The maximum Gasteiger partial charge on any atom is 0.135 e. The fraction of sp³-hybridized carbons (Fsp3) is 0.0345. The van der Waals surface area contributed by atoms with E-state index in [1.807, 2.05) is 6.07 Å². The lowest BCUT2D eigenvalue weighted by Gasteiger charge is -2.31. The number of rotatable bonds is 7. The van der Waals surface area contributed by atoms with Gasteiger partial charge in [0.25, 0.3) is 0 Å². The van der Waals surface area contributed by atoms with Crippen molar-refractivity contribution in [3.05, 3.63) is 228 Å². The molecule has 0 amide bonds. The van der Waals surface area contributed by atoms with Crippen LogP contribution in [-0.2, 0) is 0 Å². The van der Waals surface area contributed by atoms with Gasteiger partial charge in [-0.25, -0.2) is 0 Å². The highest BCUT2D eigenvalue weighted by Crippen LogP contribution is 2.47. The highest BCUT2D eigenvalue weighted by Gasteiger charge is 2.25. The van der Waals surface area contributed by atoms with Gasteiger partial charge in [0, 0.05) is 49.6 Å². The van der Waals surface area contributed by atoms with Gasteiger partial charge in [-0.15, -0.1) is 0 Å².